The molecule has 21 heavy (non-hydrogen) atoms. The van der Waals surface area contributed by atoms with Gasteiger partial charge in [0.15, 0.2) is 11.6 Å². The fourth-order valence-electron chi connectivity index (χ4n) is 3.26. The van der Waals surface area contributed by atoms with Gasteiger partial charge in [-0.05, 0) is 29.7 Å². The van der Waals surface area contributed by atoms with Crippen molar-refractivity contribution >= 4 is 0 Å². The third-order valence-electron chi connectivity index (χ3n) is 4.37. The van der Waals surface area contributed by atoms with E-state index in [1.165, 1.54) is 5.56 Å². The van der Waals surface area contributed by atoms with Crippen molar-refractivity contribution in [2.24, 2.45) is 5.92 Å². The van der Waals surface area contributed by atoms with Crippen molar-refractivity contribution < 1.29 is 4.74 Å². The zero-order valence-corrected chi connectivity index (χ0v) is 12.5. The zero-order valence-electron chi connectivity index (χ0n) is 12.5. The van der Waals surface area contributed by atoms with Crippen molar-refractivity contribution in [3.05, 3.63) is 29.6 Å². The van der Waals surface area contributed by atoms with E-state index in [1.54, 1.807) is 0 Å². The van der Waals surface area contributed by atoms with E-state index in [1.807, 2.05) is 0 Å². The molecule has 2 aromatic rings. The van der Waals surface area contributed by atoms with Crippen molar-refractivity contribution in [3.8, 4) is 17.1 Å². The molecule has 1 atom stereocenters. The Hall–Kier alpha value is -1.88. The second-order valence-corrected chi connectivity index (χ2v) is 6.13. The van der Waals surface area contributed by atoms with Gasteiger partial charge in [-0.2, -0.15) is 0 Å². The predicted octanol–water partition coefficient (Wildman–Crippen LogP) is 2.18. The van der Waals surface area contributed by atoms with Crippen LogP contribution in [0.15, 0.2) is 18.2 Å². The van der Waals surface area contributed by atoms with Gasteiger partial charge in [0.2, 0.25) is 0 Å². The molecule has 0 saturated heterocycles. The van der Waals surface area contributed by atoms with Gasteiger partial charge in [0, 0.05) is 25.1 Å². The molecule has 110 valence electrons. The molecule has 0 radical (unpaired) electrons. The Labute approximate surface area is 124 Å². The van der Waals surface area contributed by atoms with Crippen molar-refractivity contribution in [1.82, 2.24) is 20.1 Å². The van der Waals surface area contributed by atoms with E-state index in [0.29, 0.717) is 5.92 Å². The van der Waals surface area contributed by atoms with Gasteiger partial charge in [0.25, 0.3) is 0 Å². The molecule has 1 aromatic carbocycles. The second-order valence-electron chi connectivity index (χ2n) is 6.13. The molecule has 0 bridgehead atoms. The van der Waals surface area contributed by atoms with Gasteiger partial charge in [-0.25, -0.2) is 0 Å². The van der Waals surface area contributed by atoms with E-state index in [2.05, 4.69) is 52.1 Å². The van der Waals surface area contributed by atoms with Crippen molar-refractivity contribution in [2.45, 2.75) is 32.9 Å². The van der Waals surface area contributed by atoms with Crippen LogP contribution in [-0.4, -0.2) is 27.9 Å². The average molecular weight is 284 g/mol. The number of fused-ring (bicyclic) bond motifs is 2. The molecule has 2 aliphatic heterocycles. The highest BCUT2D eigenvalue weighted by atomic mass is 16.5. The van der Waals surface area contributed by atoms with Crippen molar-refractivity contribution in [2.75, 3.05) is 13.2 Å². The summed E-state index contributed by atoms with van der Waals surface area (Å²) in [5, 5.41) is 12.4. The SMILES string of the molecule is CC(C)C1NCCn2c(-c3ccc4c(c3)CCO4)nnc21. The topological polar surface area (TPSA) is 52.0 Å². The van der Waals surface area contributed by atoms with Crippen molar-refractivity contribution in [1.29, 1.82) is 0 Å². The van der Waals surface area contributed by atoms with E-state index in [-0.39, 0.29) is 6.04 Å². The molecule has 0 amide bonds. The summed E-state index contributed by atoms with van der Waals surface area (Å²) in [5.41, 5.74) is 2.42. The maximum absolute atomic E-state index is 5.58. The normalized spacial score (nSPS) is 20.2. The van der Waals surface area contributed by atoms with Gasteiger partial charge in [0.1, 0.15) is 5.75 Å². The van der Waals surface area contributed by atoms with E-state index in [0.717, 1.165) is 49.1 Å². The van der Waals surface area contributed by atoms with Crippen LogP contribution in [0.1, 0.15) is 31.3 Å². The van der Waals surface area contributed by atoms with Gasteiger partial charge in [0.05, 0.1) is 12.6 Å². The Morgan fingerprint density at radius 3 is 3.10 bits per heavy atom. The Kier molecular flexibility index (Phi) is 2.96. The lowest BCUT2D eigenvalue weighted by Gasteiger charge is -2.27. The lowest BCUT2D eigenvalue weighted by molar-refractivity contribution is 0.339. The first kappa shape index (κ1) is 12.8. The summed E-state index contributed by atoms with van der Waals surface area (Å²) in [5.74, 6) is 3.56. The summed E-state index contributed by atoms with van der Waals surface area (Å²) >= 11 is 0. The smallest absolute Gasteiger partial charge is 0.164 e. The van der Waals surface area contributed by atoms with E-state index in [4.69, 9.17) is 4.74 Å². The molecular weight excluding hydrogens is 264 g/mol. The van der Waals surface area contributed by atoms with E-state index in [9.17, 15) is 0 Å². The first-order chi connectivity index (χ1) is 10.2. The van der Waals surface area contributed by atoms with Crippen molar-refractivity contribution in [3.63, 3.8) is 0 Å². The Morgan fingerprint density at radius 2 is 2.24 bits per heavy atom. The highest BCUT2D eigenvalue weighted by Crippen LogP contribution is 2.32. The molecular formula is C16H20N4O. The molecule has 0 fully saturated rings. The molecule has 1 aromatic heterocycles. The minimum Gasteiger partial charge on any atom is -0.493 e. The van der Waals surface area contributed by atoms with Gasteiger partial charge >= 0.3 is 0 Å². The summed E-state index contributed by atoms with van der Waals surface area (Å²) in [6.45, 7) is 7.11. The standard InChI is InChI=1S/C16H20N4O/c1-10(2)14-16-19-18-15(20(16)7-6-17-14)12-3-4-13-11(9-12)5-8-21-13/h3-4,9-10,14,17H,5-8H2,1-2H3. The van der Waals surface area contributed by atoms with Gasteiger partial charge in [-0.15, -0.1) is 10.2 Å². The number of rotatable bonds is 2. The molecule has 1 unspecified atom stereocenters. The van der Waals surface area contributed by atoms with Gasteiger partial charge < -0.3 is 14.6 Å². The number of benzene rings is 1. The summed E-state index contributed by atoms with van der Waals surface area (Å²) in [6.07, 6.45) is 0.986. The molecule has 5 heteroatoms. The van der Waals surface area contributed by atoms with Crippen LogP contribution in [-0.2, 0) is 13.0 Å². The summed E-state index contributed by atoms with van der Waals surface area (Å²) in [6, 6.07) is 6.64. The zero-order chi connectivity index (χ0) is 14.4. The minimum absolute atomic E-state index is 0.290. The maximum Gasteiger partial charge on any atom is 0.164 e. The predicted molar refractivity (Wildman–Crippen MR) is 80.2 cm³/mol. The van der Waals surface area contributed by atoms with Crippen LogP contribution in [0.3, 0.4) is 0 Å². The molecule has 0 aliphatic carbocycles. The Morgan fingerprint density at radius 1 is 1.33 bits per heavy atom. The molecule has 0 saturated carbocycles. The molecule has 2 aliphatic rings. The molecule has 1 N–H and O–H groups in total. The first-order valence-corrected chi connectivity index (χ1v) is 7.66. The second kappa shape index (κ2) is 4.84. The summed E-state index contributed by atoms with van der Waals surface area (Å²) in [7, 11) is 0. The maximum atomic E-state index is 5.58. The number of hydrogen-bond donors (Lipinski definition) is 1. The van der Waals surface area contributed by atoms with Crippen LogP contribution in [0.25, 0.3) is 11.4 Å². The van der Waals surface area contributed by atoms with Gasteiger partial charge in [-0.3, -0.25) is 0 Å². The number of nitrogens with one attached hydrogen (secondary N) is 1. The fraction of sp³-hybridized carbons (Fsp3) is 0.500. The van der Waals surface area contributed by atoms with E-state index < -0.39 is 0 Å². The molecule has 5 nitrogen and oxygen atoms in total. The third kappa shape index (κ3) is 2.03. The minimum atomic E-state index is 0.290. The highest BCUT2D eigenvalue weighted by molar-refractivity contribution is 5.60. The number of nitrogens with zero attached hydrogens (tertiary/aromatic N) is 3. The molecule has 4 rings (SSSR count). The summed E-state index contributed by atoms with van der Waals surface area (Å²) in [4.78, 5) is 0. The molecule has 0 spiro atoms. The van der Waals surface area contributed by atoms with Crippen LogP contribution in [0.2, 0.25) is 0 Å². The average Bonchev–Trinajstić information content (AvgIpc) is 3.12. The number of ether oxygens (including phenoxy) is 1. The number of hydrogen-bond acceptors (Lipinski definition) is 4. The monoisotopic (exact) mass is 284 g/mol. The third-order valence-corrected chi connectivity index (χ3v) is 4.37. The lowest BCUT2D eigenvalue weighted by Crippen LogP contribution is -2.36. The quantitative estimate of drug-likeness (QED) is 0.918. The molecule has 3 heterocycles. The highest BCUT2D eigenvalue weighted by Gasteiger charge is 2.27. The van der Waals surface area contributed by atoms with Crippen LogP contribution in [0.4, 0.5) is 0 Å². The Bertz CT molecular complexity index is 677. The fourth-order valence-corrected chi connectivity index (χ4v) is 3.26. The van der Waals surface area contributed by atoms with Crippen LogP contribution in [0, 0.1) is 5.92 Å². The summed E-state index contributed by atoms with van der Waals surface area (Å²) < 4.78 is 7.84. The lowest BCUT2D eigenvalue weighted by atomic mass is 10.0. The Balaban J connectivity index is 1.77. The first-order valence-electron chi connectivity index (χ1n) is 7.66. The van der Waals surface area contributed by atoms with Crippen LogP contribution < -0.4 is 10.1 Å². The number of aromatic nitrogens is 3. The van der Waals surface area contributed by atoms with Crippen LogP contribution in [0.5, 0.6) is 5.75 Å². The van der Waals surface area contributed by atoms with Crippen LogP contribution >= 0.6 is 0 Å². The largest absolute Gasteiger partial charge is 0.493 e. The van der Waals surface area contributed by atoms with Gasteiger partial charge in [-0.1, -0.05) is 13.8 Å². The van der Waals surface area contributed by atoms with E-state index >= 15 is 0 Å².